The molecule has 3 aromatic rings. The van der Waals surface area contributed by atoms with Gasteiger partial charge in [0, 0.05) is 55.0 Å². The average molecular weight is 394 g/mol. The lowest BCUT2D eigenvalue weighted by Crippen LogP contribution is -2.44. The molecule has 1 fully saturated rings. The van der Waals surface area contributed by atoms with Gasteiger partial charge in [0.15, 0.2) is 5.96 Å². The summed E-state index contributed by atoms with van der Waals surface area (Å²) in [5.74, 6) is 0.811. The molecule has 2 heterocycles. The summed E-state index contributed by atoms with van der Waals surface area (Å²) in [5, 5.41) is 8.89. The molecule has 5 nitrogen and oxygen atoms in total. The van der Waals surface area contributed by atoms with Crippen molar-refractivity contribution in [3.63, 3.8) is 0 Å². The average Bonchev–Trinajstić information content (AvgIpc) is 3.19. The highest BCUT2D eigenvalue weighted by atomic mass is 35.5. The summed E-state index contributed by atoms with van der Waals surface area (Å²) in [7, 11) is 1.81. The first-order valence-electron chi connectivity index (χ1n) is 9.53. The van der Waals surface area contributed by atoms with Gasteiger partial charge in [0.1, 0.15) is 0 Å². The van der Waals surface area contributed by atoms with Gasteiger partial charge in [-0.1, -0.05) is 41.9 Å². The number of guanidine groups is 1. The van der Waals surface area contributed by atoms with Crippen molar-refractivity contribution in [1.29, 1.82) is 0 Å². The minimum Gasteiger partial charge on any atom is -0.369 e. The number of hydrogen-bond donors (Lipinski definition) is 2. The van der Waals surface area contributed by atoms with Crippen LogP contribution in [0.3, 0.4) is 0 Å². The maximum atomic E-state index is 6.13. The fraction of sp³-hybridized carbons (Fsp3) is 0.273. The van der Waals surface area contributed by atoms with E-state index in [1.54, 1.807) is 7.05 Å². The monoisotopic (exact) mass is 393 g/mol. The number of fused-ring (bicyclic) bond motifs is 1. The van der Waals surface area contributed by atoms with Gasteiger partial charge in [-0.05, 0) is 36.2 Å². The van der Waals surface area contributed by atoms with E-state index in [2.05, 4.69) is 55.8 Å². The summed E-state index contributed by atoms with van der Waals surface area (Å²) in [6.45, 7) is 2.61. The van der Waals surface area contributed by atoms with E-state index in [-0.39, 0.29) is 0 Å². The number of halogens is 1. The van der Waals surface area contributed by atoms with Crippen LogP contribution in [-0.2, 0) is 6.54 Å². The number of nitrogens with one attached hydrogen (secondary N) is 2. The third-order valence-electron chi connectivity index (χ3n) is 5.09. The van der Waals surface area contributed by atoms with Crippen LogP contribution < -0.4 is 15.5 Å². The Labute approximate surface area is 170 Å². The molecule has 2 N–H and O–H groups in total. The van der Waals surface area contributed by atoms with Crippen molar-refractivity contribution in [2.24, 2.45) is 4.99 Å². The summed E-state index contributed by atoms with van der Waals surface area (Å²) in [4.78, 5) is 11.3. The lowest BCUT2D eigenvalue weighted by Gasteiger charge is -2.20. The molecule has 1 aliphatic rings. The second-order valence-electron chi connectivity index (χ2n) is 6.97. The Morgan fingerprint density at radius 3 is 2.93 bits per heavy atom. The molecule has 0 radical (unpaired) electrons. The topological polar surface area (TPSA) is 52.6 Å². The van der Waals surface area contributed by atoms with Crippen LogP contribution in [0.4, 0.5) is 5.69 Å². The number of nitrogens with zero attached hydrogens (tertiary/aromatic N) is 3. The summed E-state index contributed by atoms with van der Waals surface area (Å²) in [6, 6.07) is 18.7. The molecule has 144 valence electrons. The third kappa shape index (κ3) is 4.20. The molecule has 0 aliphatic carbocycles. The molecule has 1 atom stereocenters. The van der Waals surface area contributed by atoms with E-state index in [0.717, 1.165) is 47.0 Å². The number of pyridine rings is 1. The summed E-state index contributed by atoms with van der Waals surface area (Å²) in [5.41, 5.74) is 3.36. The molecule has 0 amide bonds. The molecule has 1 saturated heterocycles. The fourth-order valence-corrected chi connectivity index (χ4v) is 3.85. The first-order chi connectivity index (χ1) is 13.7. The third-order valence-corrected chi connectivity index (χ3v) is 5.32. The zero-order valence-electron chi connectivity index (χ0n) is 15.9. The molecule has 1 aromatic heterocycles. The molecular weight excluding hydrogens is 370 g/mol. The quantitative estimate of drug-likeness (QED) is 0.522. The Bertz CT molecular complexity index is 982. The Hall–Kier alpha value is -2.79. The van der Waals surface area contributed by atoms with Crippen molar-refractivity contribution in [1.82, 2.24) is 15.6 Å². The molecule has 4 rings (SSSR count). The number of para-hydroxylation sites is 1. The fourth-order valence-electron chi connectivity index (χ4n) is 3.66. The highest BCUT2D eigenvalue weighted by Crippen LogP contribution is 2.23. The van der Waals surface area contributed by atoms with Gasteiger partial charge in [0.2, 0.25) is 0 Å². The molecule has 0 saturated carbocycles. The predicted octanol–water partition coefficient (Wildman–Crippen LogP) is 3.83. The molecular formula is C22H24ClN5. The van der Waals surface area contributed by atoms with Gasteiger partial charge in [0.25, 0.3) is 0 Å². The van der Waals surface area contributed by atoms with E-state index in [1.165, 1.54) is 5.69 Å². The zero-order chi connectivity index (χ0) is 19.3. The van der Waals surface area contributed by atoms with Crippen LogP contribution in [0.2, 0.25) is 5.02 Å². The van der Waals surface area contributed by atoms with Crippen LogP contribution in [0.5, 0.6) is 0 Å². The lowest BCUT2D eigenvalue weighted by molar-refractivity contribution is 0.649. The van der Waals surface area contributed by atoms with Crippen LogP contribution in [0.1, 0.15) is 12.0 Å². The second kappa shape index (κ2) is 8.48. The van der Waals surface area contributed by atoms with Crippen molar-refractivity contribution in [3.05, 3.63) is 71.4 Å². The van der Waals surface area contributed by atoms with Crippen molar-refractivity contribution in [2.45, 2.75) is 19.0 Å². The van der Waals surface area contributed by atoms with E-state index in [1.807, 2.05) is 30.5 Å². The van der Waals surface area contributed by atoms with Crippen molar-refractivity contribution in [3.8, 4) is 0 Å². The minimum atomic E-state index is 0.343. The highest BCUT2D eigenvalue weighted by Gasteiger charge is 2.23. The Balaban J connectivity index is 1.36. The van der Waals surface area contributed by atoms with Crippen LogP contribution in [0.25, 0.3) is 10.9 Å². The normalized spacial score (nSPS) is 17.1. The van der Waals surface area contributed by atoms with Crippen LogP contribution >= 0.6 is 11.6 Å². The van der Waals surface area contributed by atoms with E-state index in [9.17, 15) is 0 Å². The van der Waals surface area contributed by atoms with Gasteiger partial charge in [-0.3, -0.25) is 9.98 Å². The Morgan fingerprint density at radius 2 is 2.07 bits per heavy atom. The predicted molar refractivity (Wildman–Crippen MR) is 117 cm³/mol. The van der Waals surface area contributed by atoms with Gasteiger partial charge < -0.3 is 15.5 Å². The highest BCUT2D eigenvalue weighted by molar-refractivity contribution is 6.30. The van der Waals surface area contributed by atoms with Gasteiger partial charge in [-0.2, -0.15) is 0 Å². The number of anilines is 1. The largest absolute Gasteiger partial charge is 0.369 e. The number of aliphatic imine (C=N–C) groups is 1. The van der Waals surface area contributed by atoms with Gasteiger partial charge in [-0.25, -0.2) is 0 Å². The first kappa shape index (κ1) is 18.6. The smallest absolute Gasteiger partial charge is 0.191 e. The van der Waals surface area contributed by atoms with E-state index < -0.39 is 0 Å². The number of rotatable bonds is 4. The summed E-state index contributed by atoms with van der Waals surface area (Å²) in [6.07, 6.45) is 2.89. The van der Waals surface area contributed by atoms with Gasteiger partial charge >= 0.3 is 0 Å². The molecule has 1 aliphatic heterocycles. The minimum absolute atomic E-state index is 0.343. The van der Waals surface area contributed by atoms with Gasteiger partial charge in [-0.15, -0.1) is 0 Å². The Morgan fingerprint density at radius 1 is 1.21 bits per heavy atom. The molecule has 0 spiro atoms. The van der Waals surface area contributed by atoms with Crippen molar-refractivity contribution < 1.29 is 0 Å². The summed E-state index contributed by atoms with van der Waals surface area (Å²) >= 11 is 6.13. The van der Waals surface area contributed by atoms with Crippen molar-refractivity contribution >= 4 is 34.2 Å². The molecule has 28 heavy (non-hydrogen) atoms. The molecule has 0 bridgehead atoms. The van der Waals surface area contributed by atoms with Crippen LogP contribution in [0.15, 0.2) is 65.8 Å². The van der Waals surface area contributed by atoms with Gasteiger partial charge in [0.05, 0.1) is 5.52 Å². The maximum Gasteiger partial charge on any atom is 0.191 e. The zero-order valence-corrected chi connectivity index (χ0v) is 16.7. The van der Waals surface area contributed by atoms with Crippen molar-refractivity contribution in [2.75, 3.05) is 25.0 Å². The van der Waals surface area contributed by atoms with E-state index in [4.69, 9.17) is 11.6 Å². The first-order valence-corrected chi connectivity index (χ1v) is 9.91. The SMILES string of the molecule is CN=C(NCc1cccc2cccnc12)NC1CCN(c2cccc(Cl)c2)C1. The molecule has 1 unspecified atom stereocenters. The number of aromatic nitrogens is 1. The van der Waals surface area contributed by atoms with Crippen LogP contribution in [0, 0.1) is 0 Å². The standard InChI is InChI=1S/C22H24ClN5/c1-24-22(26-14-17-6-2-5-16-7-4-11-25-21(16)17)27-19-10-12-28(15-19)20-9-3-8-18(23)13-20/h2-9,11,13,19H,10,12,14-15H2,1H3,(H2,24,26,27). The Kier molecular flexibility index (Phi) is 5.63. The number of hydrogen-bond acceptors (Lipinski definition) is 3. The van der Waals surface area contributed by atoms with E-state index in [0.29, 0.717) is 12.6 Å². The maximum absolute atomic E-state index is 6.13. The van der Waals surface area contributed by atoms with Crippen LogP contribution in [-0.4, -0.2) is 37.1 Å². The van der Waals surface area contributed by atoms with E-state index >= 15 is 0 Å². The molecule has 6 heteroatoms. The summed E-state index contributed by atoms with van der Waals surface area (Å²) < 4.78 is 0. The lowest BCUT2D eigenvalue weighted by atomic mass is 10.1. The molecule has 2 aromatic carbocycles. The number of benzene rings is 2. The second-order valence-corrected chi connectivity index (χ2v) is 7.41.